The van der Waals surface area contributed by atoms with Crippen LogP contribution in [-0.4, -0.2) is 36.4 Å². The molecule has 15 heavy (non-hydrogen) atoms. The summed E-state index contributed by atoms with van der Waals surface area (Å²) in [5.41, 5.74) is 1.42. The van der Waals surface area contributed by atoms with Gasteiger partial charge in [0, 0.05) is 26.0 Å². The van der Waals surface area contributed by atoms with Crippen LogP contribution in [0.3, 0.4) is 0 Å². The normalized spacial score (nSPS) is 10.3. The van der Waals surface area contributed by atoms with E-state index in [-0.39, 0.29) is 5.91 Å². The van der Waals surface area contributed by atoms with Gasteiger partial charge in [0.15, 0.2) is 0 Å². The van der Waals surface area contributed by atoms with Crippen LogP contribution in [0, 0.1) is 0 Å². The van der Waals surface area contributed by atoms with Crippen LogP contribution in [0.5, 0.6) is 0 Å². The van der Waals surface area contributed by atoms with Crippen LogP contribution >= 0.6 is 0 Å². The van der Waals surface area contributed by atoms with Crippen LogP contribution in [0.15, 0.2) is 6.07 Å². The van der Waals surface area contributed by atoms with Crippen molar-refractivity contribution < 1.29 is 9.53 Å². The second-order valence-electron chi connectivity index (χ2n) is 3.23. The molecule has 5 nitrogen and oxygen atoms in total. The summed E-state index contributed by atoms with van der Waals surface area (Å²) in [6.07, 6.45) is 1.66. The van der Waals surface area contributed by atoms with Gasteiger partial charge in [-0.2, -0.15) is 5.10 Å². The molecule has 0 unspecified atom stereocenters. The first-order valence-corrected chi connectivity index (χ1v) is 5.09. The van der Waals surface area contributed by atoms with E-state index in [0.717, 1.165) is 18.5 Å². The van der Waals surface area contributed by atoms with Gasteiger partial charge in [0.1, 0.15) is 5.69 Å². The van der Waals surface area contributed by atoms with E-state index in [0.29, 0.717) is 18.8 Å². The highest BCUT2D eigenvalue weighted by Gasteiger charge is 2.08. The fraction of sp³-hybridized carbons (Fsp3) is 0.600. The zero-order chi connectivity index (χ0) is 11.1. The maximum Gasteiger partial charge on any atom is 0.271 e. The summed E-state index contributed by atoms with van der Waals surface area (Å²) in [5.74, 6) is -0.137. The highest BCUT2D eigenvalue weighted by molar-refractivity contribution is 5.92. The van der Waals surface area contributed by atoms with Gasteiger partial charge in [0.25, 0.3) is 5.91 Å². The molecule has 5 heteroatoms. The molecule has 0 aliphatic rings. The summed E-state index contributed by atoms with van der Waals surface area (Å²) >= 11 is 0. The van der Waals surface area contributed by atoms with Crippen LogP contribution in [0.4, 0.5) is 0 Å². The van der Waals surface area contributed by atoms with Crippen LogP contribution in [0.1, 0.15) is 29.5 Å². The third-order valence-corrected chi connectivity index (χ3v) is 2.06. The van der Waals surface area contributed by atoms with E-state index in [1.807, 2.05) is 6.92 Å². The minimum Gasteiger partial charge on any atom is -0.385 e. The number of ether oxygens (including phenoxy) is 1. The minimum absolute atomic E-state index is 0.137. The van der Waals surface area contributed by atoms with E-state index in [1.54, 1.807) is 13.2 Å². The van der Waals surface area contributed by atoms with Gasteiger partial charge in [-0.3, -0.25) is 9.89 Å². The average molecular weight is 211 g/mol. The molecule has 1 amide bonds. The number of amides is 1. The highest BCUT2D eigenvalue weighted by Crippen LogP contribution is 1.99. The van der Waals surface area contributed by atoms with E-state index in [9.17, 15) is 4.79 Å². The molecular weight excluding hydrogens is 194 g/mol. The molecule has 0 saturated carbocycles. The molecule has 0 saturated heterocycles. The number of nitrogens with zero attached hydrogens (tertiary/aromatic N) is 1. The lowest BCUT2D eigenvalue weighted by molar-refractivity contribution is 0.0943. The summed E-state index contributed by atoms with van der Waals surface area (Å²) < 4.78 is 4.88. The Hall–Kier alpha value is -1.36. The van der Waals surface area contributed by atoms with Crippen molar-refractivity contribution >= 4 is 5.91 Å². The lowest BCUT2D eigenvalue weighted by Gasteiger charge is -2.01. The van der Waals surface area contributed by atoms with Crippen molar-refractivity contribution in [3.8, 4) is 0 Å². The summed E-state index contributed by atoms with van der Waals surface area (Å²) in [5, 5.41) is 9.49. The molecule has 84 valence electrons. The average Bonchev–Trinajstić information content (AvgIpc) is 2.72. The molecular formula is C10H17N3O2. The molecule has 0 aromatic carbocycles. The van der Waals surface area contributed by atoms with E-state index in [4.69, 9.17) is 4.74 Å². The minimum atomic E-state index is -0.137. The van der Waals surface area contributed by atoms with Gasteiger partial charge >= 0.3 is 0 Å². The molecule has 0 radical (unpaired) electrons. The van der Waals surface area contributed by atoms with Gasteiger partial charge in [0.2, 0.25) is 0 Å². The molecule has 0 fully saturated rings. The van der Waals surface area contributed by atoms with Crippen molar-refractivity contribution in [1.29, 1.82) is 0 Å². The van der Waals surface area contributed by atoms with Gasteiger partial charge in [-0.15, -0.1) is 0 Å². The van der Waals surface area contributed by atoms with Crippen LogP contribution < -0.4 is 5.32 Å². The standard InChI is InChI=1S/C10H17N3O2/c1-3-8-7-9(13-12-8)10(14)11-5-4-6-15-2/h7H,3-6H2,1-2H3,(H,11,14)(H,12,13). The number of carbonyl (C=O) groups is 1. The van der Waals surface area contributed by atoms with Crippen molar-refractivity contribution in [2.75, 3.05) is 20.3 Å². The summed E-state index contributed by atoms with van der Waals surface area (Å²) in [7, 11) is 1.64. The molecule has 1 aromatic heterocycles. The van der Waals surface area contributed by atoms with Gasteiger partial charge in [-0.25, -0.2) is 0 Å². The van der Waals surface area contributed by atoms with Crippen molar-refractivity contribution in [1.82, 2.24) is 15.5 Å². The maximum absolute atomic E-state index is 11.5. The van der Waals surface area contributed by atoms with Crippen molar-refractivity contribution in [3.05, 3.63) is 17.5 Å². The van der Waals surface area contributed by atoms with E-state index >= 15 is 0 Å². The van der Waals surface area contributed by atoms with E-state index in [1.165, 1.54) is 0 Å². The zero-order valence-electron chi connectivity index (χ0n) is 9.17. The first kappa shape index (κ1) is 11.7. The number of hydrogen-bond donors (Lipinski definition) is 2. The second-order valence-corrected chi connectivity index (χ2v) is 3.23. The monoisotopic (exact) mass is 211 g/mol. The SMILES string of the molecule is CCc1cc(C(=O)NCCCOC)n[nH]1. The fourth-order valence-electron chi connectivity index (χ4n) is 1.17. The number of hydrogen-bond acceptors (Lipinski definition) is 3. The van der Waals surface area contributed by atoms with Gasteiger partial charge in [-0.1, -0.05) is 6.92 Å². The number of H-pyrrole nitrogens is 1. The predicted octanol–water partition coefficient (Wildman–Crippen LogP) is 0.738. The number of aryl methyl sites for hydroxylation is 1. The number of methoxy groups -OCH3 is 1. The summed E-state index contributed by atoms with van der Waals surface area (Å²) in [6, 6.07) is 1.77. The number of aromatic amines is 1. The Morgan fingerprint density at radius 1 is 1.67 bits per heavy atom. The first-order chi connectivity index (χ1) is 7.27. The fourth-order valence-corrected chi connectivity index (χ4v) is 1.17. The Balaban J connectivity index is 2.33. The van der Waals surface area contributed by atoms with Crippen molar-refractivity contribution in [2.24, 2.45) is 0 Å². The Morgan fingerprint density at radius 3 is 3.07 bits per heavy atom. The molecule has 0 aliphatic carbocycles. The molecule has 0 bridgehead atoms. The van der Waals surface area contributed by atoms with E-state index < -0.39 is 0 Å². The Bertz CT molecular complexity index is 309. The van der Waals surface area contributed by atoms with Gasteiger partial charge < -0.3 is 10.1 Å². The maximum atomic E-state index is 11.5. The van der Waals surface area contributed by atoms with Gasteiger partial charge in [0.05, 0.1) is 0 Å². The molecule has 0 aliphatic heterocycles. The summed E-state index contributed by atoms with van der Waals surface area (Å²) in [4.78, 5) is 11.5. The third-order valence-electron chi connectivity index (χ3n) is 2.06. The van der Waals surface area contributed by atoms with Crippen molar-refractivity contribution in [3.63, 3.8) is 0 Å². The number of aromatic nitrogens is 2. The van der Waals surface area contributed by atoms with Crippen LogP contribution in [0.2, 0.25) is 0 Å². The molecule has 1 rings (SSSR count). The lowest BCUT2D eigenvalue weighted by Crippen LogP contribution is -2.25. The predicted molar refractivity (Wildman–Crippen MR) is 56.8 cm³/mol. The second kappa shape index (κ2) is 6.19. The molecule has 1 aromatic rings. The number of nitrogens with one attached hydrogen (secondary N) is 2. The topological polar surface area (TPSA) is 67.0 Å². The number of carbonyl (C=O) groups excluding carboxylic acids is 1. The lowest BCUT2D eigenvalue weighted by atomic mass is 10.3. The molecule has 0 spiro atoms. The summed E-state index contributed by atoms with van der Waals surface area (Å²) in [6.45, 7) is 3.27. The third kappa shape index (κ3) is 3.71. The van der Waals surface area contributed by atoms with E-state index in [2.05, 4.69) is 15.5 Å². The van der Waals surface area contributed by atoms with Crippen LogP contribution in [0.25, 0.3) is 0 Å². The van der Waals surface area contributed by atoms with Crippen molar-refractivity contribution in [2.45, 2.75) is 19.8 Å². The largest absolute Gasteiger partial charge is 0.385 e. The zero-order valence-corrected chi connectivity index (χ0v) is 9.17. The quantitative estimate of drug-likeness (QED) is 0.682. The smallest absolute Gasteiger partial charge is 0.271 e. The number of rotatable bonds is 6. The Labute approximate surface area is 89.2 Å². The Morgan fingerprint density at radius 2 is 2.47 bits per heavy atom. The molecule has 2 N–H and O–H groups in total. The molecule has 0 atom stereocenters. The first-order valence-electron chi connectivity index (χ1n) is 5.09. The Kier molecular flexibility index (Phi) is 4.83. The molecule has 1 heterocycles. The highest BCUT2D eigenvalue weighted by atomic mass is 16.5. The van der Waals surface area contributed by atoms with Gasteiger partial charge in [-0.05, 0) is 18.9 Å². The van der Waals surface area contributed by atoms with Crippen LogP contribution in [-0.2, 0) is 11.2 Å².